The van der Waals surface area contributed by atoms with E-state index in [1.54, 1.807) is 23.5 Å². The average molecular weight is 405 g/mol. The number of piperazine rings is 1. The van der Waals surface area contributed by atoms with E-state index in [9.17, 15) is 9.18 Å². The number of aryl methyl sites for hydroxylation is 1. The molecule has 1 aromatic heterocycles. The van der Waals surface area contributed by atoms with Gasteiger partial charge in [-0.25, -0.2) is 14.2 Å². The summed E-state index contributed by atoms with van der Waals surface area (Å²) >= 11 is 1.72. The summed E-state index contributed by atoms with van der Waals surface area (Å²) in [5.41, 5.74) is 2.44. The fraction of sp³-hybridized carbons (Fsp3) is 0.524. The van der Waals surface area contributed by atoms with Crippen LogP contribution in [0.1, 0.15) is 44.0 Å². The highest BCUT2D eigenvalue weighted by molar-refractivity contribution is 7.09. The van der Waals surface area contributed by atoms with Crippen LogP contribution in [-0.2, 0) is 18.4 Å². The number of anilines is 1. The molecule has 152 valence electrons. The molecule has 2 aromatic rings. The van der Waals surface area contributed by atoms with E-state index in [2.05, 4.69) is 36.4 Å². The van der Waals surface area contributed by atoms with Gasteiger partial charge in [-0.15, -0.1) is 11.3 Å². The first kappa shape index (κ1) is 20.7. The fourth-order valence-corrected chi connectivity index (χ4v) is 4.09. The molecule has 0 radical (unpaired) electrons. The molecule has 0 unspecified atom stereocenters. The van der Waals surface area contributed by atoms with Crippen molar-refractivity contribution in [3.8, 4) is 0 Å². The van der Waals surface area contributed by atoms with Gasteiger partial charge in [0.05, 0.1) is 10.7 Å². The maximum absolute atomic E-state index is 13.6. The van der Waals surface area contributed by atoms with Gasteiger partial charge in [0.1, 0.15) is 5.82 Å². The molecule has 1 aliphatic heterocycles. The third-order valence-electron chi connectivity index (χ3n) is 4.92. The summed E-state index contributed by atoms with van der Waals surface area (Å²) in [4.78, 5) is 21.4. The number of hydrogen-bond acceptors (Lipinski definition) is 4. The lowest BCUT2D eigenvalue weighted by molar-refractivity contribution is 0.142. The van der Waals surface area contributed by atoms with E-state index in [0.29, 0.717) is 30.8 Å². The van der Waals surface area contributed by atoms with Crippen LogP contribution in [0.25, 0.3) is 0 Å². The molecule has 2 amide bonds. The van der Waals surface area contributed by atoms with Crippen molar-refractivity contribution in [3.05, 3.63) is 45.7 Å². The maximum Gasteiger partial charge on any atom is 0.321 e. The molecular formula is C21H29FN4OS. The Morgan fingerprint density at radius 1 is 1.25 bits per heavy atom. The van der Waals surface area contributed by atoms with Crippen molar-refractivity contribution >= 4 is 23.1 Å². The fourth-order valence-electron chi connectivity index (χ4n) is 3.19. The Morgan fingerprint density at radius 3 is 2.57 bits per heavy atom. The molecule has 0 spiro atoms. The summed E-state index contributed by atoms with van der Waals surface area (Å²) in [7, 11) is 0. The molecular weight excluding hydrogens is 375 g/mol. The monoisotopic (exact) mass is 404 g/mol. The van der Waals surface area contributed by atoms with Crippen LogP contribution in [0.5, 0.6) is 0 Å². The molecule has 1 N–H and O–H groups in total. The van der Waals surface area contributed by atoms with Gasteiger partial charge in [-0.1, -0.05) is 27.7 Å². The SMILES string of the molecule is CCc1cc(NC(=O)N2CCN(Cc3csc(C(C)(C)C)n3)CC2)ccc1F. The maximum atomic E-state index is 13.6. The van der Waals surface area contributed by atoms with Crippen LogP contribution >= 0.6 is 11.3 Å². The first-order valence-corrected chi connectivity index (χ1v) is 10.7. The van der Waals surface area contributed by atoms with Crippen LogP contribution in [0.3, 0.4) is 0 Å². The second-order valence-electron chi connectivity index (χ2n) is 8.25. The molecule has 3 rings (SSSR count). The number of hydrogen-bond donors (Lipinski definition) is 1. The van der Waals surface area contributed by atoms with Gasteiger partial charge in [0.25, 0.3) is 0 Å². The molecule has 0 atom stereocenters. The molecule has 7 heteroatoms. The smallest absolute Gasteiger partial charge is 0.321 e. The number of thiazole rings is 1. The standard InChI is InChI=1S/C21H29FN4OS/c1-5-15-12-16(6-7-18(15)22)24-20(27)26-10-8-25(9-11-26)13-17-14-28-19(23-17)21(2,3)4/h6-7,12,14H,5,8-11,13H2,1-4H3,(H,24,27). The number of nitrogens with one attached hydrogen (secondary N) is 1. The summed E-state index contributed by atoms with van der Waals surface area (Å²) in [6.45, 7) is 12.2. The zero-order valence-electron chi connectivity index (χ0n) is 17.1. The van der Waals surface area contributed by atoms with E-state index in [0.717, 1.165) is 30.3 Å². The van der Waals surface area contributed by atoms with Gasteiger partial charge in [-0.3, -0.25) is 4.90 Å². The van der Waals surface area contributed by atoms with Crippen LogP contribution in [0.15, 0.2) is 23.6 Å². The number of urea groups is 1. The zero-order valence-corrected chi connectivity index (χ0v) is 17.9. The van der Waals surface area contributed by atoms with Crippen LogP contribution in [-0.4, -0.2) is 47.0 Å². The van der Waals surface area contributed by atoms with E-state index < -0.39 is 0 Å². The zero-order chi connectivity index (χ0) is 20.3. The molecule has 1 aliphatic rings. The van der Waals surface area contributed by atoms with Crippen LogP contribution < -0.4 is 5.32 Å². The Morgan fingerprint density at radius 2 is 1.96 bits per heavy atom. The second-order valence-corrected chi connectivity index (χ2v) is 9.11. The number of benzene rings is 1. The third kappa shape index (κ3) is 5.08. The van der Waals surface area contributed by atoms with Crippen molar-refractivity contribution in [3.63, 3.8) is 0 Å². The molecule has 1 fully saturated rings. The number of amides is 2. The van der Waals surface area contributed by atoms with Gasteiger partial charge in [0, 0.05) is 49.2 Å². The van der Waals surface area contributed by atoms with E-state index >= 15 is 0 Å². The Bertz CT molecular complexity index is 822. The second kappa shape index (κ2) is 8.57. The highest BCUT2D eigenvalue weighted by Crippen LogP contribution is 2.26. The van der Waals surface area contributed by atoms with E-state index in [1.165, 1.54) is 6.07 Å². The van der Waals surface area contributed by atoms with Crippen molar-refractivity contribution in [1.82, 2.24) is 14.8 Å². The molecule has 5 nitrogen and oxygen atoms in total. The summed E-state index contributed by atoms with van der Waals surface area (Å²) < 4.78 is 13.6. The van der Waals surface area contributed by atoms with Crippen molar-refractivity contribution in [1.29, 1.82) is 0 Å². The first-order chi connectivity index (χ1) is 13.3. The number of aromatic nitrogens is 1. The lowest BCUT2D eigenvalue weighted by Gasteiger charge is -2.34. The van der Waals surface area contributed by atoms with E-state index in [4.69, 9.17) is 4.98 Å². The molecule has 0 bridgehead atoms. The minimum atomic E-state index is -0.231. The largest absolute Gasteiger partial charge is 0.322 e. The topological polar surface area (TPSA) is 48.5 Å². The van der Waals surface area contributed by atoms with Crippen molar-refractivity contribution < 1.29 is 9.18 Å². The van der Waals surface area contributed by atoms with Gasteiger partial charge < -0.3 is 10.2 Å². The number of nitrogens with zero attached hydrogens (tertiary/aromatic N) is 3. The lowest BCUT2D eigenvalue weighted by atomic mass is 9.98. The molecule has 2 heterocycles. The third-order valence-corrected chi connectivity index (χ3v) is 6.23. The Balaban J connectivity index is 1.51. The van der Waals surface area contributed by atoms with Gasteiger partial charge >= 0.3 is 6.03 Å². The summed E-state index contributed by atoms with van der Waals surface area (Å²) in [6.07, 6.45) is 0.599. The minimum Gasteiger partial charge on any atom is -0.322 e. The van der Waals surface area contributed by atoms with E-state index in [-0.39, 0.29) is 17.3 Å². The molecule has 0 saturated carbocycles. The number of carbonyl (C=O) groups is 1. The van der Waals surface area contributed by atoms with Gasteiger partial charge in [0.15, 0.2) is 0 Å². The average Bonchev–Trinajstić information content (AvgIpc) is 3.13. The summed E-state index contributed by atoms with van der Waals surface area (Å²) in [5.74, 6) is -0.231. The normalized spacial score (nSPS) is 15.7. The Labute approximate surface area is 170 Å². The highest BCUT2D eigenvalue weighted by atomic mass is 32.1. The number of halogens is 1. The number of carbonyl (C=O) groups excluding carboxylic acids is 1. The summed E-state index contributed by atoms with van der Waals surface area (Å²) in [5, 5.41) is 6.19. The predicted octanol–water partition coefficient (Wildman–Crippen LogP) is 4.49. The van der Waals surface area contributed by atoms with Crippen LogP contribution in [0.4, 0.5) is 14.9 Å². The van der Waals surface area contributed by atoms with Crippen molar-refractivity contribution in [2.45, 2.75) is 46.1 Å². The summed E-state index contributed by atoms with van der Waals surface area (Å²) in [6, 6.07) is 4.60. The quantitative estimate of drug-likeness (QED) is 0.817. The van der Waals surface area contributed by atoms with Crippen molar-refractivity contribution in [2.75, 3.05) is 31.5 Å². The molecule has 0 aliphatic carbocycles. The van der Waals surface area contributed by atoms with Crippen LogP contribution in [0, 0.1) is 5.82 Å². The molecule has 1 aromatic carbocycles. The Kier molecular flexibility index (Phi) is 6.35. The highest BCUT2D eigenvalue weighted by Gasteiger charge is 2.23. The minimum absolute atomic E-state index is 0.0810. The lowest BCUT2D eigenvalue weighted by Crippen LogP contribution is -2.49. The van der Waals surface area contributed by atoms with Gasteiger partial charge in [0.2, 0.25) is 0 Å². The Hall–Kier alpha value is -1.99. The molecule has 28 heavy (non-hydrogen) atoms. The predicted molar refractivity (Wildman–Crippen MR) is 112 cm³/mol. The first-order valence-electron chi connectivity index (χ1n) is 9.78. The van der Waals surface area contributed by atoms with E-state index in [1.807, 2.05) is 11.8 Å². The molecule has 1 saturated heterocycles. The van der Waals surface area contributed by atoms with Crippen molar-refractivity contribution in [2.24, 2.45) is 0 Å². The number of rotatable bonds is 4. The van der Waals surface area contributed by atoms with Gasteiger partial charge in [-0.05, 0) is 30.2 Å². The van der Waals surface area contributed by atoms with Crippen LogP contribution in [0.2, 0.25) is 0 Å². The van der Waals surface area contributed by atoms with Gasteiger partial charge in [-0.2, -0.15) is 0 Å².